The van der Waals surface area contributed by atoms with E-state index in [1.807, 2.05) is 42.1 Å². The maximum Gasteiger partial charge on any atom is 0.227 e. The number of hydrogen-bond donors (Lipinski definition) is 2. The third-order valence-electron chi connectivity index (χ3n) is 5.04. The SMILES string of the molecule is Cc1cnc(Nc2cccc(CN)c2)nc1-c1cnn(CC2(CF)CC2)c1. The van der Waals surface area contributed by atoms with Gasteiger partial charge in [-0.15, -0.1) is 0 Å². The molecule has 1 fully saturated rings. The highest BCUT2D eigenvalue weighted by atomic mass is 19.1. The molecule has 6 nitrogen and oxygen atoms in total. The number of alkyl halides is 1. The van der Waals surface area contributed by atoms with Gasteiger partial charge in [0, 0.05) is 42.1 Å². The number of nitrogens with one attached hydrogen (secondary N) is 1. The number of benzene rings is 1. The van der Waals surface area contributed by atoms with Crippen LogP contribution in [0.4, 0.5) is 16.0 Å². The Hall–Kier alpha value is -2.80. The zero-order valence-corrected chi connectivity index (χ0v) is 15.3. The first-order chi connectivity index (χ1) is 13.1. The summed E-state index contributed by atoms with van der Waals surface area (Å²) < 4.78 is 15.0. The molecule has 1 aliphatic rings. The van der Waals surface area contributed by atoms with Gasteiger partial charge in [-0.1, -0.05) is 12.1 Å². The predicted octanol–water partition coefficient (Wildman–Crippen LogP) is 3.60. The minimum Gasteiger partial charge on any atom is -0.326 e. The van der Waals surface area contributed by atoms with Gasteiger partial charge in [0.25, 0.3) is 0 Å². The first-order valence-electron chi connectivity index (χ1n) is 9.09. The molecule has 0 bridgehead atoms. The second kappa shape index (κ2) is 7.08. The van der Waals surface area contributed by atoms with Crippen molar-refractivity contribution < 1.29 is 4.39 Å². The zero-order chi connectivity index (χ0) is 18.9. The summed E-state index contributed by atoms with van der Waals surface area (Å²) in [5, 5.41) is 7.62. The van der Waals surface area contributed by atoms with Crippen molar-refractivity contribution in [2.45, 2.75) is 32.9 Å². The molecule has 1 aliphatic carbocycles. The van der Waals surface area contributed by atoms with E-state index in [4.69, 9.17) is 5.73 Å². The Labute approximate surface area is 157 Å². The fourth-order valence-corrected chi connectivity index (χ4v) is 3.13. The van der Waals surface area contributed by atoms with E-state index in [0.29, 0.717) is 19.0 Å². The molecule has 2 heterocycles. The zero-order valence-electron chi connectivity index (χ0n) is 15.3. The monoisotopic (exact) mass is 366 g/mol. The van der Waals surface area contributed by atoms with Crippen molar-refractivity contribution in [3.8, 4) is 11.3 Å². The Bertz CT molecular complexity index is 947. The number of nitrogens with two attached hydrogens (primary N) is 1. The number of aryl methyl sites for hydroxylation is 1. The van der Waals surface area contributed by atoms with E-state index in [2.05, 4.69) is 20.4 Å². The lowest BCUT2D eigenvalue weighted by Crippen LogP contribution is -2.13. The maximum absolute atomic E-state index is 13.1. The Morgan fingerprint density at radius 3 is 2.89 bits per heavy atom. The molecule has 7 heteroatoms. The lowest BCUT2D eigenvalue weighted by molar-refractivity contribution is 0.294. The van der Waals surface area contributed by atoms with Gasteiger partial charge in [-0.05, 0) is 43.0 Å². The standard InChI is InChI=1S/C20H23FN6/c1-14-9-23-19(25-17-4-2-3-15(7-17)8-22)26-18(14)16-10-24-27(11-16)13-20(12-21)5-6-20/h2-4,7,9-11H,5-6,8,12-13,22H2,1H3,(H,23,25,26). The number of halogens is 1. The molecule has 3 aromatic rings. The van der Waals surface area contributed by atoms with Gasteiger partial charge in [0.2, 0.25) is 5.95 Å². The van der Waals surface area contributed by atoms with Crippen LogP contribution in [-0.4, -0.2) is 26.4 Å². The van der Waals surface area contributed by atoms with Crippen molar-refractivity contribution in [3.05, 3.63) is 54.0 Å². The molecule has 0 spiro atoms. The lowest BCUT2D eigenvalue weighted by atomic mass is 10.1. The van der Waals surface area contributed by atoms with E-state index < -0.39 is 0 Å². The number of nitrogens with zero attached hydrogens (tertiary/aromatic N) is 4. The van der Waals surface area contributed by atoms with Crippen LogP contribution in [0.3, 0.4) is 0 Å². The van der Waals surface area contributed by atoms with Crippen molar-refractivity contribution in [2.75, 3.05) is 12.0 Å². The molecular weight excluding hydrogens is 343 g/mol. The van der Waals surface area contributed by atoms with Crippen LogP contribution in [0.1, 0.15) is 24.0 Å². The van der Waals surface area contributed by atoms with Crippen LogP contribution in [-0.2, 0) is 13.1 Å². The average Bonchev–Trinajstić information content (AvgIpc) is 3.31. The van der Waals surface area contributed by atoms with Crippen LogP contribution in [0, 0.1) is 12.3 Å². The fourth-order valence-electron chi connectivity index (χ4n) is 3.13. The van der Waals surface area contributed by atoms with E-state index >= 15 is 0 Å². The van der Waals surface area contributed by atoms with E-state index in [-0.39, 0.29) is 12.1 Å². The summed E-state index contributed by atoms with van der Waals surface area (Å²) >= 11 is 0. The molecule has 140 valence electrons. The summed E-state index contributed by atoms with van der Waals surface area (Å²) in [6.07, 6.45) is 7.37. The highest BCUT2D eigenvalue weighted by molar-refractivity contribution is 5.64. The molecule has 0 aliphatic heterocycles. The largest absolute Gasteiger partial charge is 0.326 e. The Morgan fingerprint density at radius 1 is 1.30 bits per heavy atom. The molecule has 2 aromatic heterocycles. The van der Waals surface area contributed by atoms with Crippen LogP contribution in [0.25, 0.3) is 11.3 Å². The fraction of sp³-hybridized carbons (Fsp3) is 0.350. The van der Waals surface area contributed by atoms with Crippen molar-refractivity contribution >= 4 is 11.6 Å². The topological polar surface area (TPSA) is 81.7 Å². The molecule has 1 aromatic carbocycles. The van der Waals surface area contributed by atoms with Crippen LogP contribution < -0.4 is 11.1 Å². The predicted molar refractivity (Wildman–Crippen MR) is 103 cm³/mol. The van der Waals surface area contributed by atoms with Crippen LogP contribution in [0.5, 0.6) is 0 Å². The summed E-state index contributed by atoms with van der Waals surface area (Å²) in [5.41, 5.74) is 10.1. The van der Waals surface area contributed by atoms with Crippen LogP contribution >= 0.6 is 0 Å². The third-order valence-corrected chi connectivity index (χ3v) is 5.04. The molecule has 0 amide bonds. The Balaban J connectivity index is 1.56. The molecule has 3 N–H and O–H groups in total. The summed E-state index contributed by atoms with van der Waals surface area (Å²) in [7, 11) is 0. The molecule has 4 rings (SSSR count). The van der Waals surface area contributed by atoms with Crippen molar-refractivity contribution in [1.29, 1.82) is 0 Å². The smallest absolute Gasteiger partial charge is 0.227 e. The van der Waals surface area contributed by atoms with Gasteiger partial charge in [-0.3, -0.25) is 9.07 Å². The van der Waals surface area contributed by atoms with Gasteiger partial charge in [0.05, 0.1) is 18.6 Å². The van der Waals surface area contributed by atoms with E-state index in [1.165, 1.54) is 0 Å². The highest BCUT2D eigenvalue weighted by Crippen LogP contribution is 2.47. The van der Waals surface area contributed by atoms with Crippen LogP contribution in [0.2, 0.25) is 0 Å². The van der Waals surface area contributed by atoms with Gasteiger partial charge >= 0.3 is 0 Å². The third kappa shape index (κ3) is 3.83. The van der Waals surface area contributed by atoms with E-state index in [0.717, 1.165) is 40.9 Å². The normalized spacial score (nSPS) is 14.9. The van der Waals surface area contributed by atoms with Gasteiger partial charge in [0.15, 0.2) is 0 Å². The molecule has 0 atom stereocenters. The van der Waals surface area contributed by atoms with Crippen LogP contribution in [0.15, 0.2) is 42.9 Å². The molecule has 0 radical (unpaired) electrons. The Morgan fingerprint density at radius 2 is 2.15 bits per heavy atom. The minimum atomic E-state index is -0.287. The highest BCUT2D eigenvalue weighted by Gasteiger charge is 2.43. The van der Waals surface area contributed by atoms with Crippen molar-refractivity contribution in [1.82, 2.24) is 19.7 Å². The van der Waals surface area contributed by atoms with Gasteiger partial charge in [-0.2, -0.15) is 5.10 Å². The maximum atomic E-state index is 13.1. The quantitative estimate of drug-likeness (QED) is 0.668. The van der Waals surface area contributed by atoms with Gasteiger partial charge in [0.1, 0.15) is 0 Å². The molecule has 0 unspecified atom stereocenters. The summed E-state index contributed by atoms with van der Waals surface area (Å²) in [5.74, 6) is 0.514. The number of rotatable bonds is 7. The molecule has 27 heavy (non-hydrogen) atoms. The Kier molecular flexibility index (Phi) is 4.61. The molecular formula is C20H23FN6. The average molecular weight is 366 g/mol. The first kappa shape index (κ1) is 17.6. The van der Waals surface area contributed by atoms with Gasteiger partial charge in [-0.25, -0.2) is 9.97 Å². The van der Waals surface area contributed by atoms with Gasteiger partial charge < -0.3 is 11.1 Å². The lowest BCUT2D eigenvalue weighted by Gasteiger charge is -2.10. The number of anilines is 2. The summed E-state index contributed by atoms with van der Waals surface area (Å²) in [4.78, 5) is 9.03. The van der Waals surface area contributed by atoms with E-state index in [9.17, 15) is 4.39 Å². The summed E-state index contributed by atoms with van der Waals surface area (Å²) in [6.45, 7) is 2.78. The first-order valence-corrected chi connectivity index (χ1v) is 9.09. The molecule has 1 saturated carbocycles. The number of hydrogen-bond acceptors (Lipinski definition) is 5. The van der Waals surface area contributed by atoms with Crippen molar-refractivity contribution in [3.63, 3.8) is 0 Å². The second-order valence-electron chi connectivity index (χ2n) is 7.31. The second-order valence-corrected chi connectivity index (χ2v) is 7.31. The molecule has 0 saturated heterocycles. The van der Waals surface area contributed by atoms with E-state index in [1.54, 1.807) is 12.4 Å². The van der Waals surface area contributed by atoms with Crippen molar-refractivity contribution in [2.24, 2.45) is 11.1 Å². The number of aromatic nitrogens is 4. The summed E-state index contributed by atoms with van der Waals surface area (Å²) in [6, 6.07) is 7.85. The minimum absolute atomic E-state index is 0.204.